The average Bonchev–Trinajstić information content (AvgIpc) is 2.62. The van der Waals surface area contributed by atoms with Gasteiger partial charge < -0.3 is 9.30 Å². The number of hydrogen-bond donors (Lipinski definition) is 0. The predicted molar refractivity (Wildman–Crippen MR) is 80.2 cm³/mol. The highest BCUT2D eigenvalue weighted by molar-refractivity contribution is 7.71. The molecule has 1 aromatic heterocycles. The van der Waals surface area contributed by atoms with Crippen molar-refractivity contribution >= 4 is 12.2 Å². The van der Waals surface area contributed by atoms with E-state index in [9.17, 15) is 0 Å². The molecule has 2 aliphatic heterocycles. The normalized spacial score (nSPS) is 28.1. The van der Waals surface area contributed by atoms with E-state index in [1.54, 1.807) is 0 Å². The first-order chi connectivity index (χ1) is 9.65. The van der Waals surface area contributed by atoms with E-state index in [-0.39, 0.29) is 0 Å². The molecular formula is C14H24N4OS. The fourth-order valence-electron chi connectivity index (χ4n) is 3.06. The van der Waals surface area contributed by atoms with E-state index < -0.39 is 0 Å². The molecule has 0 amide bonds. The maximum Gasteiger partial charge on any atom is 0.199 e. The number of aryl methyl sites for hydroxylation is 1. The molecule has 0 spiro atoms. The molecule has 1 fully saturated rings. The van der Waals surface area contributed by atoms with Crippen LogP contribution >= 0.6 is 12.2 Å². The molecule has 112 valence electrons. The van der Waals surface area contributed by atoms with Crippen LogP contribution in [-0.2, 0) is 24.4 Å². The van der Waals surface area contributed by atoms with E-state index in [0.29, 0.717) is 12.1 Å². The molecule has 5 nitrogen and oxygen atoms in total. The third-order valence-corrected chi connectivity index (χ3v) is 4.77. The molecule has 0 unspecified atom stereocenters. The van der Waals surface area contributed by atoms with Gasteiger partial charge in [-0.05, 0) is 38.9 Å². The molecule has 0 aromatic carbocycles. The van der Waals surface area contributed by atoms with Crippen LogP contribution in [0, 0.1) is 4.77 Å². The second-order valence-corrected chi connectivity index (χ2v) is 6.43. The molecule has 2 atom stereocenters. The third-order valence-electron chi connectivity index (χ3n) is 4.33. The first kappa shape index (κ1) is 14.2. The molecular weight excluding hydrogens is 272 g/mol. The molecule has 0 bridgehead atoms. The molecule has 1 saturated heterocycles. The van der Waals surface area contributed by atoms with Crippen LogP contribution in [-0.4, -0.2) is 44.5 Å². The minimum Gasteiger partial charge on any atom is -0.376 e. The first-order valence-electron chi connectivity index (χ1n) is 7.67. The van der Waals surface area contributed by atoms with E-state index >= 15 is 0 Å². The van der Waals surface area contributed by atoms with Gasteiger partial charge in [0.2, 0.25) is 0 Å². The van der Waals surface area contributed by atoms with E-state index in [4.69, 9.17) is 22.1 Å². The van der Waals surface area contributed by atoms with Crippen molar-refractivity contribution in [1.29, 1.82) is 0 Å². The number of hydrogen-bond acceptors (Lipinski definition) is 4. The Hall–Kier alpha value is -0.720. The Bertz CT molecular complexity index is 524. The van der Waals surface area contributed by atoms with Crippen LogP contribution in [0.5, 0.6) is 0 Å². The minimum atomic E-state index is 0.292. The lowest BCUT2D eigenvalue weighted by atomic mass is 10.2. The zero-order chi connectivity index (χ0) is 14.1. The summed E-state index contributed by atoms with van der Waals surface area (Å²) in [6.45, 7) is 7.89. The van der Waals surface area contributed by atoms with Crippen molar-refractivity contribution in [1.82, 2.24) is 19.2 Å². The van der Waals surface area contributed by atoms with Gasteiger partial charge in [-0.25, -0.2) is 4.68 Å². The Morgan fingerprint density at radius 1 is 1.30 bits per heavy atom. The highest BCUT2D eigenvalue weighted by Gasteiger charge is 2.24. The standard InChI is InChI=1S/C14H24N4OS/c1-11-9-19-12(2)8-16(11)10-18-14(20)17-7-5-3-4-6-13(17)15-18/h11-12H,3-10H2,1-2H3/t11-,12+/m0/s1. The number of aromatic nitrogens is 3. The van der Waals surface area contributed by atoms with Gasteiger partial charge >= 0.3 is 0 Å². The van der Waals surface area contributed by atoms with Crippen molar-refractivity contribution in [3.8, 4) is 0 Å². The summed E-state index contributed by atoms with van der Waals surface area (Å²) in [6, 6.07) is 0.426. The van der Waals surface area contributed by atoms with Crippen molar-refractivity contribution < 1.29 is 4.74 Å². The Labute approximate surface area is 125 Å². The second kappa shape index (κ2) is 5.95. The van der Waals surface area contributed by atoms with Gasteiger partial charge in [0.1, 0.15) is 5.82 Å². The molecule has 0 aliphatic carbocycles. The topological polar surface area (TPSA) is 35.2 Å². The summed E-state index contributed by atoms with van der Waals surface area (Å²) in [5.41, 5.74) is 0. The number of ether oxygens (including phenoxy) is 1. The van der Waals surface area contributed by atoms with E-state index in [1.807, 2.05) is 4.68 Å². The van der Waals surface area contributed by atoms with Gasteiger partial charge in [0, 0.05) is 25.6 Å². The summed E-state index contributed by atoms with van der Waals surface area (Å²) in [7, 11) is 0. The predicted octanol–water partition coefficient (Wildman–Crippen LogP) is 2.21. The van der Waals surface area contributed by atoms with Crippen molar-refractivity contribution in [3.63, 3.8) is 0 Å². The van der Waals surface area contributed by atoms with Crippen LogP contribution in [0.25, 0.3) is 0 Å². The molecule has 3 rings (SSSR count). The van der Waals surface area contributed by atoms with Crippen molar-refractivity contribution in [2.45, 2.75) is 64.9 Å². The number of nitrogens with zero attached hydrogens (tertiary/aromatic N) is 4. The van der Waals surface area contributed by atoms with Crippen molar-refractivity contribution in [2.24, 2.45) is 0 Å². The Morgan fingerprint density at radius 2 is 2.15 bits per heavy atom. The lowest BCUT2D eigenvalue weighted by Crippen LogP contribution is -2.47. The average molecular weight is 296 g/mol. The third kappa shape index (κ3) is 2.82. The highest BCUT2D eigenvalue weighted by atomic mass is 32.1. The second-order valence-electron chi connectivity index (χ2n) is 6.07. The van der Waals surface area contributed by atoms with Gasteiger partial charge in [-0.15, -0.1) is 0 Å². The monoisotopic (exact) mass is 296 g/mol. The van der Waals surface area contributed by atoms with Gasteiger partial charge in [-0.1, -0.05) is 6.42 Å². The summed E-state index contributed by atoms with van der Waals surface area (Å²) >= 11 is 5.61. The fraction of sp³-hybridized carbons (Fsp3) is 0.857. The smallest absolute Gasteiger partial charge is 0.199 e. The molecule has 0 saturated carbocycles. The number of morpholine rings is 1. The quantitative estimate of drug-likeness (QED) is 0.784. The molecule has 20 heavy (non-hydrogen) atoms. The van der Waals surface area contributed by atoms with Gasteiger partial charge in [0.15, 0.2) is 4.77 Å². The minimum absolute atomic E-state index is 0.292. The van der Waals surface area contributed by atoms with Crippen molar-refractivity contribution in [3.05, 3.63) is 10.6 Å². The Balaban J connectivity index is 1.79. The summed E-state index contributed by atoms with van der Waals surface area (Å²) in [5.74, 6) is 1.17. The Kier molecular flexibility index (Phi) is 4.23. The maximum absolute atomic E-state index is 5.68. The molecule has 2 aliphatic rings. The molecule has 1 aromatic rings. The van der Waals surface area contributed by atoms with Gasteiger partial charge in [0.25, 0.3) is 0 Å². The number of rotatable bonds is 2. The van der Waals surface area contributed by atoms with Crippen LogP contribution in [0.15, 0.2) is 0 Å². The lowest BCUT2D eigenvalue weighted by molar-refractivity contribution is -0.0625. The largest absolute Gasteiger partial charge is 0.376 e. The van der Waals surface area contributed by atoms with Crippen LogP contribution < -0.4 is 0 Å². The summed E-state index contributed by atoms with van der Waals surface area (Å²) in [5, 5.41) is 4.76. The van der Waals surface area contributed by atoms with Crippen LogP contribution in [0.1, 0.15) is 38.9 Å². The summed E-state index contributed by atoms with van der Waals surface area (Å²) in [4.78, 5) is 2.41. The molecule has 3 heterocycles. The van der Waals surface area contributed by atoms with E-state index in [1.165, 1.54) is 25.1 Å². The van der Waals surface area contributed by atoms with Crippen LogP contribution in [0.4, 0.5) is 0 Å². The maximum atomic E-state index is 5.68. The lowest BCUT2D eigenvalue weighted by Gasteiger charge is -2.36. The van der Waals surface area contributed by atoms with E-state index in [0.717, 1.165) is 37.6 Å². The zero-order valence-electron chi connectivity index (χ0n) is 12.4. The van der Waals surface area contributed by atoms with Crippen LogP contribution in [0.3, 0.4) is 0 Å². The van der Waals surface area contributed by atoms with Crippen LogP contribution in [0.2, 0.25) is 0 Å². The highest BCUT2D eigenvalue weighted by Crippen LogP contribution is 2.16. The zero-order valence-corrected chi connectivity index (χ0v) is 13.2. The Morgan fingerprint density at radius 3 is 3.00 bits per heavy atom. The first-order valence-corrected chi connectivity index (χ1v) is 8.08. The molecule has 0 radical (unpaired) electrons. The summed E-state index contributed by atoms with van der Waals surface area (Å²) in [6.07, 6.45) is 5.09. The van der Waals surface area contributed by atoms with Crippen molar-refractivity contribution in [2.75, 3.05) is 13.2 Å². The molecule has 0 N–H and O–H groups in total. The number of fused-ring (bicyclic) bond motifs is 1. The molecule has 6 heteroatoms. The summed E-state index contributed by atoms with van der Waals surface area (Å²) < 4.78 is 10.8. The van der Waals surface area contributed by atoms with E-state index in [2.05, 4.69) is 23.3 Å². The van der Waals surface area contributed by atoms with Gasteiger partial charge in [-0.3, -0.25) is 4.90 Å². The van der Waals surface area contributed by atoms with Gasteiger partial charge in [-0.2, -0.15) is 5.10 Å². The fourth-order valence-corrected chi connectivity index (χ4v) is 3.35. The SMILES string of the molecule is C[C@@H]1CN(Cn2nc3n(c2=S)CCCCC3)[C@@H](C)CO1. The van der Waals surface area contributed by atoms with Gasteiger partial charge in [0.05, 0.1) is 19.4 Å².